The van der Waals surface area contributed by atoms with Gasteiger partial charge in [0, 0.05) is 44.1 Å². The lowest BCUT2D eigenvalue weighted by Gasteiger charge is -2.16. The first-order valence-corrected chi connectivity index (χ1v) is 9.40. The Kier molecular flexibility index (Phi) is 9.07. The van der Waals surface area contributed by atoms with Gasteiger partial charge >= 0.3 is 0 Å². The van der Waals surface area contributed by atoms with Gasteiger partial charge in [0.1, 0.15) is 12.4 Å². The highest BCUT2D eigenvalue weighted by atomic mass is 16.5. The summed E-state index contributed by atoms with van der Waals surface area (Å²) in [6.45, 7) is 6.97. The Bertz CT molecular complexity index is 765. The number of aryl methyl sites for hydroxylation is 1. The topological polar surface area (TPSA) is 77.0 Å². The maximum atomic E-state index is 5.90. The van der Waals surface area contributed by atoms with Gasteiger partial charge in [0.05, 0.1) is 13.7 Å². The average molecular weight is 386 g/mol. The summed E-state index contributed by atoms with van der Waals surface area (Å²) in [7, 11) is 3.35. The van der Waals surface area contributed by atoms with Crippen LogP contribution in [0.5, 0.6) is 11.6 Å². The number of nitrogens with one attached hydrogen (secondary N) is 2. The van der Waals surface area contributed by atoms with Crippen LogP contribution in [0.25, 0.3) is 0 Å². The minimum Gasteiger partial charge on any atom is -0.491 e. The summed E-state index contributed by atoms with van der Waals surface area (Å²) < 4.78 is 16.5. The summed E-state index contributed by atoms with van der Waals surface area (Å²) >= 11 is 0. The van der Waals surface area contributed by atoms with Crippen LogP contribution in [0.3, 0.4) is 0 Å². The van der Waals surface area contributed by atoms with Crippen LogP contribution >= 0.6 is 0 Å². The Morgan fingerprint density at radius 2 is 1.89 bits per heavy atom. The zero-order valence-electron chi connectivity index (χ0n) is 17.1. The SMILES string of the molecule is CCOCCOc1cc(C)ccc1CNC(=NC)NCc1cccnc1OC. The summed E-state index contributed by atoms with van der Waals surface area (Å²) in [6, 6.07) is 10.0. The quantitative estimate of drug-likeness (QED) is 0.371. The fourth-order valence-electron chi connectivity index (χ4n) is 2.62. The van der Waals surface area contributed by atoms with Gasteiger partial charge in [0.2, 0.25) is 5.88 Å². The molecule has 7 nitrogen and oxygen atoms in total. The van der Waals surface area contributed by atoms with Gasteiger partial charge in [0.15, 0.2) is 5.96 Å². The molecule has 0 fully saturated rings. The molecule has 0 amide bonds. The number of hydrogen-bond acceptors (Lipinski definition) is 5. The van der Waals surface area contributed by atoms with E-state index in [0.717, 1.165) is 22.4 Å². The molecular weight excluding hydrogens is 356 g/mol. The number of nitrogens with zero attached hydrogens (tertiary/aromatic N) is 2. The number of methoxy groups -OCH3 is 1. The highest BCUT2D eigenvalue weighted by molar-refractivity contribution is 5.79. The number of aliphatic imine (C=N–C) groups is 1. The molecule has 1 aromatic carbocycles. The summed E-state index contributed by atoms with van der Waals surface area (Å²) in [5, 5.41) is 6.60. The first-order chi connectivity index (χ1) is 13.7. The van der Waals surface area contributed by atoms with Crippen molar-refractivity contribution >= 4 is 5.96 Å². The monoisotopic (exact) mass is 386 g/mol. The Morgan fingerprint density at radius 3 is 2.61 bits per heavy atom. The predicted molar refractivity (Wildman–Crippen MR) is 111 cm³/mol. The maximum Gasteiger partial charge on any atom is 0.218 e. The molecule has 0 spiro atoms. The molecular formula is C21H30N4O3. The number of benzene rings is 1. The van der Waals surface area contributed by atoms with Crippen molar-refractivity contribution in [2.75, 3.05) is 34.0 Å². The van der Waals surface area contributed by atoms with Gasteiger partial charge in [-0.3, -0.25) is 4.99 Å². The third kappa shape index (κ3) is 6.74. The molecule has 2 rings (SSSR count). The van der Waals surface area contributed by atoms with Crippen LogP contribution in [0.1, 0.15) is 23.6 Å². The van der Waals surface area contributed by atoms with Gasteiger partial charge < -0.3 is 24.8 Å². The second-order valence-corrected chi connectivity index (χ2v) is 6.11. The molecule has 0 unspecified atom stereocenters. The average Bonchev–Trinajstić information content (AvgIpc) is 2.72. The Morgan fingerprint density at radius 1 is 1.11 bits per heavy atom. The number of hydrogen-bond donors (Lipinski definition) is 2. The number of ether oxygens (including phenoxy) is 3. The molecule has 152 valence electrons. The number of rotatable bonds is 10. The van der Waals surface area contributed by atoms with E-state index in [-0.39, 0.29) is 0 Å². The molecule has 7 heteroatoms. The van der Waals surface area contributed by atoms with Crippen LogP contribution in [0, 0.1) is 6.92 Å². The molecule has 1 aromatic heterocycles. The summed E-state index contributed by atoms with van der Waals surface area (Å²) in [5.74, 6) is 2.15. The van der Waals surface area contributed by atoms with Crippen LogP contribution in [-0.2, 0) is 17.8 Å². The number of aromatic nitrogens is 1. The van der Waals surface area contributed by atoms with Gasteiger partial charge in [-0.05, 0) is 31.5 Å². The zero-order valence-corrected chi connectivity index (χ0v) is 17.1. The largest absolute Gasteiger partial charge is 0.491 e. The van der Waals surface area contributed by atoms with Crippen molar-refractivity contribution < 1.29 is 14.2 Å². The predicted octanol–water partition coefficient (Wildman–Crippen LogP) is 2.68. The molecule has 1 heterocycles. The zero-order chi connectivity index (χ0) is 20.2. The van der Waals surface area contributed by atoms with Crippen molar-refractivity contribution in [2.24, 2.45) is 4.99 Å². The van der Waals surface area contributed by atoms with E-state index in [0.29, 0.717) is 44.7 Å². The van der Waals surface area contributed by atoms with Crippen LogP contribution < -0.4 is 20.1 Å². The van der Waals surface area contributed by atoms with Gasteiger partial charge in [-0.1, -0.05) is 18.2 Å². The molecule has 0 aliphatic heterocycles. The lowest BCUT2D eigenvalue weighted by molar-refractivity contribution is 0.110. The third-order valence-electron chi connectivity index (χ3n) is 4.07. The van der Waals surface area contributed by atoms with Crippen molar-refractivity contribution in [3.8, 4) is 11.6 Å². The van der Waals surface area contributed by atoms with Gasteiger partial charge in [-0.25, -0.2) is 4.98 Å². The summed E-state index contributed by atoms with van der Waals surface area (Å²) in [4.78, 5) is 8.49. The molecule has 28 heavy (non-hydrogen) atoms. The fraction of sp³-hybridized carbons (Fsp3) is 0.429. The second kappa shape index (κ2) is 11.8. The molecule has 0 aliphatic carbocycles. The first kappa shape index (κ1) is 21.5. The Hall–Kier alpha value is -2.80. The fourth-order valence-corrected chi connectivity index (χ4v) is 2.62. The second-order valence-electron chi connectivity index (χ2n) is 6.11. The van der Waals surface area contributed by atoms with Gasteiger partial charge in [0.25, 0.3) is 0 Å². The van der Waals surface area contributed by atoms with E-state index in [1.165, 1.54) is 0 Å². The standard InChI is InChI=1S/C21H30N4O3/c1-5-27-11-12-28-19-13-16(2)8-9-17(19)14-24-21(22-3)25-15-18-7-6-10-23-20(18)26-4/h6-10,13H,5,11-12,14-15H2,1-4H3,(H2,22,24,25). The Labute approximate surface area is 167 Å². The normalized spacial score (nSPS) is 11.2. The van der Waals surface area contributed by atoms with Crippen molar-refractivity contribution in [3.05, 3.63) is 53.2 Å². The smallest absolute Gasteiger partial charge is 0.218 e. The van der Waals surface area contributed by atoms with Crippen molar-refractivity contribution in [2.45, 2.75) is 26.9 Å². The van der Waals surface area contributed by atoms with Crippen molar-refractivity contribution in [3.63, 3.8) is 0 Å². The van der Waals surface area contributed by atoms with E-state index in [1.807, 2.05) is 32.0 Å². The summed E-state index contributed by atoms with van der Waals surface area (Å²) in [6.07, 6.45) is 1.71. The van der Waals surface area contributed by atoms with Crippen LogP contribution in [0.4, 0.5) is 0 Å². The molecule has 2 aromatic rings. The number of guanidine groups is 1. The maximum absolute atomic E-state index is 5.90. The molecule has 2 N–H and O–H groups in total. The summed E-state index contributed by atoms with van der Waals surface area (Å²) in [5.41, 5.74) is 3.17. The molecule has 0 saturated carbocycles. The van der Waals surface area contributed by atoms with Crippen LogP contribution in [0.15, 0.2) is 41.5 Å². The van der Waals surface area contributed by atoms with Crippen LogP contribution in [-0.4, -0.2) is 44.9 Å². The number of pyridine rings is 1. The van der Waals surface area contributed by atoms with E-state index >= 15 is 0 Å². The van der Waals surface area contributed by atoms with E-state index < -0.39 is 0 Å². The first-order valence-electron chi connectivity index (χ1n) is 9.40. The van der Waals surface area contributed by atoms with Gasteiger partial charge in [-0.2, -0.15) is 0 Å². The molecule has 0 atom stereocenters. The van der Waals surface area contributed by atoms with Crippen molar-refractivity contribution in [1.82, 2.24) is 15.6 Å². The van der Waals surface area contributed by atoms with Gasteiger partial charge in [-0.15, -0.1) is 0 Å². The van der Waals surface area contributed by atoms with E-state index in [2.05, 4.69) is 32.7 Å². The molecule has 0 radical (unpaired) electrons. The Balaban J connectivity index is 1.93. The molecule has 0 bridgehead atoms. The lowest BCUT2D eigenvalue weighted by Crippen LogP contribution is -2.36. The third-order valence-corrected chi connectivity index (χ3v) is 4.07. The lowest BCUT2D eigenvalue weighted by atomic mass is 10.1. The van der Waals surface area contributed by atoms with E-state index in [1.54, 1.807) is 20.4 Å². The van der Waals surface area contributed by atoms with E-state index in [9.17, 15) is 0 Å². The van der Waals surface area contributed by atoms with Crippen LogP contribution in [0.2, 0.25) is 0 Å². The minimum atomic E-state index is 0.526. The van der Waals surface area contributed by atoms with Crippen molar-refractivity contribution in [1.29, 1.82) is 0 Å². The minimum absolute atomic E-state index is 0.526. The molecule has 0 saturated heterocycles. The molecule has 0 aliphatic rings. The highest BCUT2D eigenvalue weighted by Crippen LogP contribution is 2.20. The highest BCUT2D eigenvalue weighted by Gasteiger charge is 2.08. The van der Waals surface area contributed by atoms with E-state index in [4.69, 9.17) is 14.2 Å².